The van der Waals surface area contributed by atoms with Gasteiger partial charge in [-0.2, -0.15) is 0 Å². The van der Waals surface area contributed by atoms with E-state index in [0.29, 0.717) is 19.5 Å². The van der Waals surface area contributed by atoms with Crippen LogP contribution in [0.4, 0.5) is 0 Å². The van der Waals surface area contributed by atoms with Crippen molar-refractivity contribution in [2.45, 2.75) is 33.2 Å². The Kier molecular flexibility index (Phi) is 5.71. The Bertz CT molecular complexity index is 1130. The minimum atomic E-state index is -0.00902. The molecule has 0 unspecified atom stereocenters. The number of imidazole rings is 1. The number of nitrogens with one attached hydrogen (secondary N) is 1. The summed E-state index contributed by atoms with van der Waals surface area (Å²) in [6.45, 7) is 5.40. The standard InChI is InChI=1S/C23H24N4OS/c1-3-17-8-10-18(11-9-17)23-26-19(15-29-23)14-22(28)24-12-13-27-16(2)25-20-6-4-5-7-21(20)27/h4-11,15H,3,12-14H2,1-2H3,(H,24,28). The van der Waals surface area contributed by atoms with Gasteiger partial charge in [0.1, 0.15) is 10.8 Å². The van der Waals surface area contributed by atoms with Crippen molar-refractivity contribution in [2.24, 2.45) is 0 Å². The number of fused-ring (bicyclic) bond motifs is 1. The predicted octanol–water partition coefficient (Wildman–Crippen LogP) is 4.39. The van der Waals surface area contributed by atoms with Crippen molar-refractivity contribution >= 4 is 28.3 Å². The molecule has 1 amide bonds. The lowest BCUT2D eigenvalue weighted by molar-refractivity contribution is -0.120. The number of carbonyl (C=O) groups is 1. The van der Waals surface area contributed by atoms with Crippen molar-refractivity contribution < 1.29 is 4.79 Å². The number of carbonyl (C=O) groups excluding carboxylic acids is 1. The zero-order valence-electron chi connectivity index (χ0n) is 16.7. The van der Waals surface area contributed by atoms with Crippen LogP contribution in [0.2, 0.25) is 0 Å². The van der Waals surface area contributed by atoms with Gasteiger partial charge in [0.15, 0.2) is 0 Å². The summed E-state index contributed by atoms with van der Waals surface area (Å²) in [4.78, 5) is 21.5. The van der Waals surface area contributed by atoms with E-state index in [-0.39, 0.29) is 5.91 Å². The first-order chi connectivity index (χ1) is 14.1. The van der Waals surface area contributed by atoms with E-state index in [1.807, 2.05) is 30.5 Å². The van der Waals surface area contributed by atoms with Gasteiger partial charge in [-0.15, -0.1) is 11.3 Å². The topological polar surface area (TPSA) is 59.8 Å². The lowest BCUT2D eigenvalue weighted by atomic mass is 10.1. The first-order valence-corrected chi connectivity index (χ1v) is 10.7. The molecule has 0 radical (unpaired) electrons. The molecule has 0 saturated carbocycles. The molecule has 6 heteroatoms. The number of aromatic nitrogens is 3. The van der Waals surface area contributed by atoms with Gasteiger partial charge in [-0.25, -0.2) is 9.97 Å². The molecule has 5 nitrogen and oxygen atoms in total. The highest BCUT2D eigenvalue weighted by Gasteiger charge is 2.10. The van der Waals surface area contributed by atoms with E-state index < -0.39 is 0 Å². The summed E-state index contributed by atoms with van der Waals surface area (Å²) in [7, 11) is 0. The van der Waals surface area contributed by atoms with Crippen LogP contribution in [0.1, 0.15) is 24.0 Å². The normalized spacial score (nSPS) is 11.1. The summed E-state index contributed by atoms with van der Waals surface area (Å²) in [6, 6.07) is 16.5. The van der Waals surface area contributed by atoms with E-state index in [1.54, 1.807) is 11.3 Å². The monoisotopic (exact) mass is 404 g/mol. The molecule has 4 aromatic rings. The summed E-state index contributed by atoms with van der Waals surface area (Å²) in [5.41, 5.74) is 5.30. The van der Waals surface area contributed by atoms with Crippen molar-refractivity contribution in [3.8, 4) is 10.6 Å². The number of benzene rings is 2. The van der Waals surface area contributed by atoms with Crippen LogP contribution in [0.3, 0.4) is 0 Å². The second-order valence-electron chi connectivity index (χ2n) is 7.02. The van der Waals surface area contributed by atoms with Gasteiger partial charge in [-0.05, 0) is 31.0 Å². The number of amides is 1. The Morgan fingerprint density at radius 2 is 1.90 bits per heavy atom. The van der Waals surface area contributed by atoms with Crippen molar-refractivity contribution in [3.05, 3.63) is 71.0 Å². The maximum absolute atomic E-state index is 12.3. The fourth-order valence-corrected chi connectivity index (χ4v) is 4.24. The largest absolute Gasteiger partial charge is 0.354 e. The summed E-state index contributed by atoms with van der Waals surface area (Å²) in [5, 5.41) is 5.93. The molecule has 2 heterocycles. The molecule has 0 aliphatic rings. The second-order valence-corrected chi connectivity index (χ2v) is 7.88. The summed E-state index contributed by atoms with van der Waals surface area (Å²) >= 11 is 1.58. The third-order valence-electron chi connectivity index (χ3n) is 5.01. The Morgan fingerprint density at radius 1 is 1.10 bits per heavy atom. The highest BCUT2D eigenvalue weighted by Crippen LogP contribution is 2.24. The number of thiazole rings is 1. The molecule has 0 saturated heterocycles. The number of rotatable bonds is 7. The average Bonchev–Trinajstić information content (AvgIpc) is 3.32. The van der Waals surface area contributed by atoms with Gasteiger partial charge < -0.3 is 9.88 Å². The third-order valence-corrected chi connectivity index (χ3v) is 5.95. The number of hydrogen-bond donors (Lipinski definition) is 1. The fourth-order valence-electron chi connectivity index (χ4n) is 3.42. The molecule has 2 aromatic carbocycles. The summed E-state index contributed by atoms with van der Waals surface area (Å²) in [6.07, 6.45) is 1.32. The molecule has 4 rings (SSSR count). The van der Waals surface area contributed by atoms with E-state index in [9.17, 15) is 4.79 Å². The van der Waals surface area contributed by atoms with E-state index in [0.717, 1.165) is 39.5 Å². The van der Waals surface area contributed by atoms with Crippen molar-refractivity contribution in [1.82, 2.24) is 19.9 Å². The molecule has 0 bridgehead atoms. The van der Waals surface area contributed by atoms with Gasteiger partial charge in [0.05, 0.1) is 23.1 Å². The molecular formula is C23H24N4OS. The number of para-hydroxylation sites is 2. The molecule has 148 valence electrons. The maximum Gasteiger partial charge on any atom is 0.226 e. The van der Waals surface area contributed by atoms with Gasteiger partial charge in [0.2, 0.25) is 5.91 Å². The van der Waals surface area contributed by atoms with Crippen LogP contribution in [-0.4, -0.2) is 27.0 Å². The molecule has 0 aliphatic heterocycles. The zero-order chi connectivity index (χ0) is 20.2. The van der Waals surface area contributed by atoms with Crippen LogP contribution >= 0.6 is 11.3 Å². The quantitative estimate of drug-likeness (QED) is 0.497. The summed E-state index contributed by atoms with van der Waals surface area (Å²) in [5.74, 6) is 0.948. The van der Waals surface area contributed by atoms with Gasteiger partial charge in [0.25, 0.3) is 0 Å². The minimum absolute atomic E-state index is 0.00902. The molecule has 2 aromatic heterocycles. The van der Waals surface area contributed by atoms with Crippen molar-refractivity contribution in [3.63, 3.8) is 0 Å². The third kappa shape index (κ3) is 4.38. The van der Waals surface area contributed by atoms with Crippen LogP contribution in [0.5, 0.6) is 0 Å². The minimum Gasteiger partial charge on any atom is -0.354 e. The smallest absolute Gasteiger partial charge is 0.226 e. The summed E-state index contributed by atoms with van der Waals surface area (Å²) < 4.78 is 2.14. The molecule has 0 spiro atoms. The van der Waals surface area contributed by atoms with Crippen LogP contribution in [-0.2, 0) is 24.2 Å². The molecule has 0 aliphatic carbocycles. The molecule has 1 N–H and O–H groups in total. The van der Waals surface area contributed by atoms with Gasteiger partial charge in [-0.3, -0.25) is 4.79 Å². The molecule has 0 fully saturated rings. The lowest BCUT2D eigenvalue weighted by Gasteiger charge is -2.08. The first-order valence-electron chi connectivity index (χ1n) is 9.86. The zero-order valence-corrected chi connectivity index (χ0v) is 17.5. The molecular weight excluding hydrogens is 380 g/mol. The Labute approximate surface area is 174 Å². The molecule has 29 heavy (non-hydrogen) atoms. The predicted molar refractivity (Wildman–Crippen MR) is 118 cm³/mol. The number of nitrogens with zero attached hydrogens (tertiary/aromatic N) is 3. The molecule has 0 atom stereocenters. The second kappa shape index (κ2) is 8.57. The van der Waals surface area contributed by atoms with Gasteiger partial charge >= 0.3 is 0 Å². The van der Waals surface area contributed by atoms with Crippen molar-refractivity contribution in [1.29, 1.82) is 0 Å². The van der Waals surface area contributed by atoms with E-state index in [4.69, 9.17) is 0 Å². The maximum atomic E-state index is 12.3. The average molecular weight is 405 g/mol. The van der Waals surface area contributed by atoms with Gasteiger partial charge in [-0.1, -0.05) is 43.3 Å². The van der Waals surface area contributed by atoms with E-state index in [2.05, 4.69) is 57.1 Å². The number of aryl methyl sites for hydroxylation is 2. The van der Waals surface area contributed by atoms with Crippen LogP contribution in [0.15, 0.2) is 53.9 Å². The Morgan fingerprint density at radius 3 is 2.69 bits per heavy atom. The Hall–Kier alpha value is -2.99. The first kappa shape index (κ1) is 19.3. The SMILES string of the molecule is CCc1ccc(-c2nc(CC(=O)NCCn3c(C)nc4ccccc43)cs2)cc1. The van der Waals surface area contributed by atoms with Crippen LogP contribution in [0, 0.1) is 6.92 Å². The number of hydrogen-bond acceptors (Lipinski definition) is 4. The Balaban J connectivity index is 1.33. The highest BCUT2D eigenvalue weighted by atomic mass is 32.1. The van der Waals surface area contributed by atoms with Gasteiger partial charge in [0, 0.05) is 24.0 Å². The van der Waals surface area contributed by atoms with Crippen LogP contribution in [0.25, 0.3) is 21.6 Å². The fraction of sp³-hybridized carbons (Fsp3) is 0.261. The van der Waals surface area contributed by atoms with E-state index >= 15 is 0 Å². The van der Waals surface area contributed by atoms with Crippen molar-refractivity contribution in [2.75, 3.05) is 6.54 Å². The highest BCUT2D eigenvalue weighted by molar-refractivity contribution is 7.13. The van der Waals surface area contributed by atoms with E-state index in [1.165, 1.54) is 5.56 Å². The van der Waals surface area contributed by atoms with Crippen LogP contribution < -0.4 is 5.32 Å². The lowest BCUT2D eigenvalue weighted by Crippen LogP contribution is -2.28.